The molecule has 0 fully saturated rings. The third kappa shape index (κ3) is 4.28. The average molecular weight is 319 g/mol. The van der Waals surface area contributed by atoms with E-state index in [0.29, 0.717) is 22.0 Å². The molecule has 0 saturated carbocycles. The fraction of sp³-hybridized carbons (Fsp3) is 0.133. The maximum atomic E-state index is 12.1. The predicted molar refractivity (Wildman–Crippen MR) is 85.9 cm³/mol. The molecule has 0 saturated heterocycles. The summed E-state index contributed by atoms with van der Waals surface area (Å²) in [4.78, 5) is 27.5. The van der Waals surface area contributed by atoms with Gasteiger partial charge in [-0.2, -0.15) is 0 Å². The summed E-state index contributed by atoms with van der Waals surface area (Å²) in [6.07, 6.45) is 3.27. The van der Waals surface area contributed by atoms with Gasteiger partial charge in [-0.05, 0) is 30.3 Å². The van der Waals surface area contributed by atoms with Crippen LogP contribution in [-0.2, 0) is 4.79 Å². The van der Waals surface area contributed by atoms with E-state index in [9.17, 15) is 9.59 Å². The normalized spacial score (nSPS) is 10.1. The van der Waals surface area contributed by atoms with E-state index in [-0.39, 0.29) is 24.8 Å². The topological polar surface area (TPSA) is 97.1 Å². The van der Waals surface area contributed by atoms with Crippen LogP contribution < -0.4 is 16.4 Å². The minimum atomic E-state index is -0.274. The van der Waals surface area contributed by atoms with Crippen molar-refractivity contribution in [3.8, 4) is 0 Å². The van der Waals surface area contributed by atoms with Crippen LogP contribution in [0.15, 0.2) is 42.7 Å². The van der Waals surface area contributed by atoms with Gasteiger partial charge in [0.25, 0.3) is 5.91 Å². The standard InChI is InChI=1S/C15H15ClN4O2/c16-12-2-1-11(9-13(12)20-14(21)3-6-17)19-15(22)10-4-7-18-8-5-10/h1-2,4-5,7-9H,3,6,17H2,(H,19,22)(H,20,21). The monoisotopic (exact) mass is 318 g/mol. The van der Waals surface area contributed by atoms with E-state index in [4.69, 9.17) is 17.3 Å². The molecule has 0 aliphatic rings. The maximum Gasteiger partial charge on any atom is 0.255 e. The van der Waals surface area contributed by atoms with Crippen molar-refractivity contribution in [2.24, 2.45) is 5.73 Å². The number of hydrogen-bond donors (Lipinski definition) is 3. The number of nitrogens with one attached hydrogen (secondary N) is 2. The van der Waals surface area contributed by atoms with Crippen LogP contribution in [0.5, 0.6) is 0 Å². The number of rotatable bonds is 5. The lowest BCUT2D eigenvalue weighted by molar-refractivity contribution is -0.116. The lowest BCUT2D eigenvalue weighted by Crippen LogP contribution is -2.17. The van der Waals surface area contributed by atoms with Gasteiger partial charge in [-0.3, -0.25) is 14.6 Å². The Hall–Kier alpha value is -2.44. The second-order valence-corrected chi connectivity index (χ2v) is 4.88. The van der Waals surface area contributed by atoms with Gasteiger partial charge in [0.15, 0.2) is 0 Å². The summed E-state index contributed by atoms with van der Waals surface area (Å²) in [6.45, 7) is 0.252. The number of amides is 2. The summed E-state index contributed by atoms with van der Waals surface area (Å²) in [5.41, 5.74) is 6.76. The van der Waals surface area contributed by atoms with Crippen LogP contribution in [-0.4, -0.2) is 23.3 Å². The summed E-state index contributed by atoms with van der Waals surface area (Å²) in [5, 5.41) is 5.76. The second kappa shape index (κ2) is 7.53. The third-order valence-corrected chi connectivity index (χ3v) is 3.14. The molecule has 22 heavy (non-hydrogen) atoms. The van der Waals surface area contributed by atoms with Crippen molar-refractivity contribution < 1.29 is 9.59 Å². The minimum absolute atomic E-state index is 0.198. The number of nitrogens with two attached hydrogens (primary N) is 1. The summed E-state index contributed by atoms with van der Waals surface area (Å²) >= 11 is 6.03. The Morgan fingerprint density at radius 1 is 1.14 bits per heavy atom. The van der Waals surface area contributed by atoms with Crippen molar-refractivity contribution >= 4 is 34.8 Å². The summed E-state index contributed by atoms with van der Waals surface area (Å²) in [6, 6.07) is 8.06. The van der Waals surface area contributed by atoms with Crippen LogP contribution in [0, 0.1) is 0 Å². The molecule has 7 heteroatoms. The quantitative estimate of drug-likeness (QED) is 0.787. The SMILES string of the molecule is NCCC(=O)Nc1cc(NC(=O)c2ccncc2)ccc1Cl. The predicted octanol–water partition coefficient (Wildman–Crippen LogP) is 2.27. The molecule has 114 valence electrons. The Labute approximate surface area is 132 Å². The molecule has 0 aliphatic carbocycles. The first-order valence-electron chi connectivity index (χ1n) is 6.61. The Balaban J connectivity index is 2.12. The number of pyridine rings is 1. The number of hydrogen-bond acceptors (Lipinski definition) is 4. The van der Waals surface area contributed by atoms with E-state index >= 15 is 0 Å². The molecule has 2 amide bonds. The molecule has 2 rings (SSSR count). The molecular formula is C15H15ClN4O2. The molecule has 0 bridgehead atoms. The maximum absolute atomic E-state index is 12.1. The molecular weight excluding hydrogens is 304 g/mol. The number of benzene rings is 1. The molecule has 0 unspecified atom stereocenters. The van der Waals surface area contributed by atoms with Crippen LogP contribution in [0.25, 0.3) is 0 Å². The van der Waals surface area contributed by atoms with Crippen LogP contribution >= 0.6 is 11.6 Å². The van der Waals surface area contributed by atoms with Crippen LogP contribution in [0.1, 0.15) is 16.8 Å². The molecule has 1 aromatic carbocycles. The fourth-order valence-electron chi connectivity index (χ4n) is 1.75. The Morgan fingerprint density at radius 2 is 1.86 bits per heavy atom. The number of carbonyl (C=O) groups excluding carboxylic acids is 2. The van der Waals surface area contributed by atoms with Crippen molar-refractivity contribution in [2.75, 3.05) is 17.2 Å². The van der Waals surface area contributed by atoms with E-state index in [1.807, 2.05) is 0 Å². The molecule has 0 radical (unpaired) electrons. The Bertz CT molecular complexity index is 676. The first kappa shape index (κ1) is 15.9. The fourth-order valence-corrected chi connectivity index (χ4v) is 1.91. The first-order chi connectivity index (χ1) is 10.6. The van der Waals surface area contributed by atoms with E-state index in [0.717, 1.165) is 0 Å². The third-order valence-electron chi connectivity index (χ3n) is 2.81. The molecule has 0 atom stereocenters. The highest BCUT2D eigenvalue weighted by atomic mass is 35.5. The van der Waals surface area contributed by atoms with Gasteiger partial charge in [-0.15, -0.1) is 0 Å². The molecule has 0 spiro atoms. The van der Waals surface area contributed by atoms with E-state index in [1.165, 1.54) is 12.4 Å². The van der Waals surface area contributed by atoms with Gasteiger partial charge in [0, 0.05) is 36.6 Å². The minimum Gasteiger partial charge on any atom is -0.330 e. The summed E-state index contributed by atoms with van der Waals surface area (Å²) in [5.74, 6) is -0.508. The largest absolute Gasteiger partial charge is 0.330 e. The summed E-state index contributed by atoms with van der Waals surface area (Å²) < 4.78 is 0. The van der Waals surface area contributed by atoms with Crippen LogP contribution in [0.3, 0.4) is 0 Å². The van der Waals surface area contributed by atoms with Gasteiger partial charge in [0.2, 0.25) is 5.91 Å². The van der Waals surface area contributed by atoms with Gasteiger partial charge < -0.3 is 16.4 Å². The molecule has 0 aliphatic heterocycles. The molecule has 6 nitrogen and oxygen atoms in total. The molecule has 1 heterocycles. The lowest BCUT2D eigenvalue weighted by Gasteiger charge is -2.10. The highest BCUT2D eigenvalue weighted by molar-refractivity contribution is 6.33. The number of aromatic nitrogens is 1. The van der Waals surface area contributed by atoms with Crippen molar-refractivity contribution in [3.63, 3.8) is 0 Å². The van der Waals surface area contributed by atoms with E-state index < -0.39 is 0 Å². The second-order valence-electron chi connectivity index (χ2n) is 4.47. The van der Waals surface area contributed by atoms with Crippen LogP contribution in [0.2, 0.25) is 5.02 Å². The molecule has 4 N–H and O–H groups in total. The van der Waals surface area contributed by atoms with Gasteiger partial charge in [0.05, 0.1) is 10.7 Å². The van der Waals surface area contributed by atoms with Crippen LogP contribution in [0.4, 0.5) is 11.4 Å². The van der Waals surface area contributed by atoms with Crippen molar-refractivity contribution in [3.05, 3.63) is 53.3 Å². The number of nitrogens with zero attached hydrogens (tertiary/aromatic N) is 1. The highest BCUT2D eigenvalue weighted by Gasteiger charge is 2.09. The molecule has 2 aromatic rings. The zero-order valence-corrected chi connectivity index (χ0v) is 12.4. The van der Waals surface area contributed by atoms with Gasteiger partial charge >= 0.3 is 0 Å². The Kier molecular flexibility index (Phi) is 5.46. The van der Waals surface area contributed by atoms with E-state index in [1.54, 1.807) is 30.3 Å². The van der Waals surface area contributed by atoms with Crippen molar-refractivity contribution in [1.29, 1.82) is 0 Å². The Morgan fingerprint density at radius 3 is 2.55 bits per heavy atom. The highest BCUT2D eigenvalue weighted by Crippen LogP contribution is 2.26. The summed E-state index contributed by atoms with van der Waals surface area (Å²) in [7, 11) is 0. The van der Waals surface area contributed by atoms with Gasteiger partial charge in [-0.25, -0.2) is 0 Å². The zero-order chi connectivity index (χ0) is 15.9. The number of carbonyl (C=O) groups is 2. The van der Waals surface area contributed by atoms with Crippen molar-refractivity contribution in [1.82, 2.24) is 4.98 Å². The van der Waals surface area contributed by atoms with Gasteiger partial charge in [0.1, 0.15) is 0 Å². The molecule has 1 aromatic heterocycles. The van der Waals surface area contributed by atoms with Gasteiger partial charge in [-0.1, -0.05) is 11.6 Å². The number of halogens is 1. The zero-order valence-electron chi connectivity index (χ0n) is 11.7. The lowest BCUT2D eigenvalue weighted by atomic mass is 10.2. The van der Waals surface area contributed by atoms with Crippen molar-refractivity contribution in [2.45, 2.75) is 6.42 Å². The first-order valence-corrected chi connectivity index (χ1v) is 6.99. The average Bonchev–Trinajstić information content (AvgIpc) is 2.51. The smallest absolute Gasteiger partial charge is 0.255 e. The van der Waals surface area contributed by atoms with E-state index in [2.05, 4.69) is 15.6 Å². The number of anilines is 2.